The Bertz CT molecular complexity index is 2360. The van der Waals surface area contributed by atoms with Crippen molar-refractivity contribution in [3.8, 4) is 33.5 Å². The average molecular weight is 729 g/mol. The summed E-state index contributed by atoms with van der Waals surface area (Å²) in [6, 6.07) is 47.5. The standard InChI is InChI=1S/C42H26Cl4N4/c43-30-17-20-32(36(45)23-30)34-22-29(26-10-4-1-5-11-26)16-19-33(34)38-25-47-41(48-38)42(35-21-18-31(44)24-37(35)46)49-39(27-12-6-2-7-13-27)40(50-42)28-14-8-3-9-15-28/h1-25H,(H,47,48). The van der Waals surface area contributed by atoms with Gasteiger partial charge in [0.15, 0.2) is 5.82 Å². The third-order valence-electron chi connectivity index (χ3n) is 8.72. The number of benzene rings is 6. The summed E-state index contributed by atoms with van der Waals surface area (Å²) in [5.41, 5.74) is 8.11. The Morgan fingerprint density at radius 3 is 1.58 bits per heavy atom. The van der Waals surface area contributed by atoms with Gasteiger partial charge >= 0.3 is 0 Å². The molecule has 1 aromatic heterocycles. The molecule has 0 unspecified atom stereocenters. The van der Waals surface area contributed by atoms with E-state index in [9.17, 15) is 0 Å². The molecule has 7 aromatic rings. The lowest BCUT2D eigenvalue weighted by Gasteiger charge is -2.23. The molecule has 1 aliphatic heterocycles. The van der Waals surface area contributed by atoms with Gasteiger partial charge < -0.3 is 4.98 Å². The first-order chi connectivity index (χ1) is 24.4. The number of halogens is 4. The molecule has 0 atom stereocenters. The summed E-state index contributed by atoms with van der Waals surface area (Å²) < 4.78 is 0. The number of H-pyrrole nitrogens is 1. The highest BCUT2D eigenvalue weighted by Crippen LogP contribution is 2.45. The zero-order chi connectivity index (χ0) is 34.2. The van der Waals surface area contributed by atoms with Crippen molar-refractivity contribution in [2.24, 2.45) is 9.98 Å². The van der Waals surface area contributed by atoms with E-state index in [1.807, 2.05) is 97.1 Å². The second-order valence-corrected chi connectivity index (χ2v) is 13.5. The van der Waals surface area contributed by atoms with E-state index in [0.717, 1.165) is 56.1 Å². The van der Waals surface area contributed by atoms with Crippen LogP contribution in [0.25, 0.3) is 33.5 Å². The third-order valence-corrected chi connectivity index (χ3v) is 9.81. The Hall–Kier alpha value is -4.97. The highest BCUT2D eigenvalue weighted by molar-refractivity contribution is 6.54. The van der Waals surface area contributed by atoms with Crippen LogP contribution in [0.2, 0.25) is 20.1 Å². The first kappa shape index (κ1) is 32.2. The van der Waals surface area contributed by atoms with E-state index >= 15 is 0 Å². The Kier molecular flexibility index (Phi) is 8.64. The minimum Gasteiger partial charge on any atom is -0.338 e. The summed E-state index contributed by atoms with van der Waals surface area (Å²) in [4.78, 5) is 19.4. The quantitative estimate of drug-likeness (QED) is 0.175. The molecule has 0 aliphatic carbocycles. The lowest BCUT2D eigenvalue weighted by Crippen LogP contribution is -2.23. The number of aliphatic imine (C=N–C) groups is 2. The number of aromatic nitrogens is 2. The van der Waals surface area contributed by atoms with Crippen molar-refractivity contribution in [1.82, 2.24) is 9.97 Å². The molecule has 0 radical (unpaired) electrons. The molecule has 0 saturated carbocycles. The highest BCUT2D eigenvalue weighted by atomic mass is 35.5. The Balaban J connectivity index is 1.35. The summed E-state index contributed by atoms with van der Waals surface area (Å²) in [6.07, 6.45) is 1.81. The molecule has 0 fully saturated rings. The van der Waals surface area contributed by atoms with Crippen molar-refractivity contribution in [2.45, 2.75) is 5.66 Å². The largest absolute Gasteiger partial charge is 0.338 e. The fraction of sp³-hybridized carbons (Fsp3) is 0.0238. The highest BCUT2D eigenvalue weighted by Gasteiger charge is 2.44. The van der Waals surface area contributed by atoms with Crippen LogP contribution in [-0.2, 0) is 5.66 Å². The smallest absolute Gasteiger partial charge is 0.236 e. The number of hydrogen-bond donors (Lipinski definition) is 1. The van der Waals surface area contributed by atoms with Gasteiger partial charge in [0, 0.05) is 42.9 Å². The van der Waals surface area contributed by atoms with E-state index in [2.05, 4.69) is 35.3 Å². The SMILES string of the molecule is Clc1ccc(-c2cc(-c3ccccc3)ccc2-c2cnc(C3(c4ccc(Cl)cc4Cl)N=C(c4ccccc4)C(c4ccccc4)=N3)[nH]2)c(Cl)c1. The molecule has 242 valence electrons. The summed E-state index contributed by atoms with van der Waals surface area (Å²) in [6.45, 7) is 0. The van der Waals surface area contributed by atoms with Crippen molar-refractivity contribution in [3.05, 3.63) is 194 Å². The molecular weight excluding hydrogens is 702 g/mol. The predicted molar refractivity (Wildman–Crippen MR) is 208 cm³/mol. The Morgan fingerprint density at radius 2 is 1.00 bits per heavy atom. The molecule has 2 heterocycles. The van der Waals surface area contributed by atoms with E-state index in [4.69, 9.17) is 61.4 Å². The molecule has 0 bridgehead atoms. The first-order valence-corrected chi connectivity index (χ1v) is 17.4. The molecule has 0 amide bonds. The Morgan fingerprint density at radius 1 is 0.460 bits per heavy atom. The van der Waals surface area contributed by atoms with E-state index in [1.165, 1.54) is 0 Å². The van der Waals surface area contributed by atoms with Crippen LogP contribution in [0.5, 0.6) is 0 Å². The van der Waals surface area contributed by atoms with Crippen LogP contribution in [0.15, 0.2) is 162 Å². The molecule has 0 spiro atoms. The van der Waals surface area contributed by atoms with Crippen LogP contribution in [0, 0.1) is 0 Å². The van der Waals surface area contributed by atoms with Crippen LogP contribution < -0.4 is 0 Å². The summed E-state index contributed by atoms with van der Waals surface area (Å²) in [7, 11) is 0. The topological polar surface area (TPSA) is 53.4 Å². The van der Waals surface area contributed by atoms with Gasteiger partial charge in [-0.25, -0.2) is 15.0 Å². The molecule has 6 aromatic carbocycles. The van der Waals surface area contributed by atoms with Gasteiger partial charge in [-0.15, -0.1) is 0 Å². The second-order valence-electron chi connectivity index (χ2n) is 11.8. The van der Waals surface area contributed by atoms with Crippen molar-refractivity contribution in [1.29, 1.82) is 0 Å². The first-order valence-electron chi connectivity index (χ1n) is 15.9. The van der Waals surface area contributed by atoms with Crippen molar-refractivity contribution in [3.63, 3.8) is 0 Å². The van der Waals surface area contributed by atoms with Crippen LogP contribution in [0.4, 0.5) is 0 Å². The molecule has 8 rings (SSSR count). The minimum atomic E-state index is -1.35. The fourth-order valence-corrected chi connectivity index (χ4v) is 7.38. The maximum absolute atomic E-state index is 6.98. The van der Waals surface area contributed by atoms with E-state index in [-0.39, 0.29) is 0 Å². The predicted octanol–water partition coefficient (Wildman–Crippen LogP) is 12.2. The normalized spacial score (nSPS) is 13.6. The Labute approximate surface area is 309 Å². The summed E-state index contributed by atoms with van der Waals surface area (Å²) >= 11 is 26.6. The summed E-state index contributed by atoms with van der Waals surface area (Å²) in [5.74, 6) is 0.497. The maximum atomic E-state index is 6.98. The lowest BCUT2D eigenvalue weighted by molar-refractivity contribution is 0.553. The molecule has 0 saturated heterocycles. The van der Waals surface area contributed by atoms with Crippen LogP contribution >= 0.6 is 46.4 Å². The van der Waals surface area contributed by atoms with Crippen LogP contribution in [0.3, 0.4) is 0 Å². The number of imidazole rings is 1. The number of rotatable bonds is 7. The van der Waals surface area contributed by atoms with Crippen LogP contribution in [0.1, 0.15) is 22.5 Å². The van der Waals surface area contributed by atoms with Crippen LogP contribution in [-0.4, -0.2) is 21.4 Å². The molecular formula is C42H26Cl4N4. The van der Waals surface area contributed by atoms with Gasteiger partial charge in [0.2, 0.25) is 5.66 Å². The lowest BCUT2D eigenvalue weighted by atomic mass is 9.93. The van der Waals surface area contributed by atoms with Gasteiger partial charge in [-0.3, -0.25) is 0 Å². The van der Waals surface area contributed by atoms with E-state index < -0.39 is 5.66 Å². The monoisotopic (exact) mass is 726 g/mol. The third kappa shape index (κ3) is 5.95. The van der Waals surface area contributed by atoms with Gasteiger partial charge in [0.05, 0.1) is 28.3 Å². The van der Waals surface area contributed by atoms with E-state index in [0.29, 0.717) is 31.5 Å². The van der Waals surface area contributed by atoms with Gasteiger partial charge in [-0.2, -0.15) is 0 Å². The van der Waals surface area contributed by atoms with Gasteiger partial charge in [-0.1, -0.05) is 162 Å². The molecule has 4 nitrogen and oxygen atoms in total. The number of hydrogen-bond acceptors (Lipinski definition) is 3. The average Bonchev–Trinajstić information content (AvgIpc) is 3.80. The number of aromatic amines is 1. The van der Waals surface area contributed by atoms with Crippen molar-refractivity contribution in [2.75, 3.05) is 0 Å². The van der Waals surface area contributed by atoms with Crippen molar-refractivity contribution < 1.29 is 0 Å². The number of nitrogens with zero attached hydrogens (tertiary/aromatic N) is 3. The zero-order valence-corrected chi connectivity index (χ0v) is 29.3. The van der Waals surface area contributed by atoms with Gasteiger partial charge in [0.1, 0.15) is 0 Å². The maximum Gasteiger partial charge on any atom is 0.236 e. The zero-order valence-electron chi connectivity index (χ0n) is 26.3. The fourth-order valence-electron chi connectivity index (χ4n) is 6.33. The minimum absolute atomic E-state index is 0.422. The van der Waals surface area contributed by atoms with Gasteiger partial charge in [-0.05, 0) is 47.0 Å². The molecule has 1 aliphatic rings. The number of nitrogens with one attached hydrogen (secondary N) is 1. The molecule has 1 N–H and O–H groups in total. The second kappa shape index (κ2) is 13.4. The van der Waals surface area contributed by atoms with Crippen molar-refractivity contribution >= 4 is 57.8 Å². The van der Waals surface area contributed by atoms with E-state index in [1.54, 1.807) is 24.4 Å². The molecule has 50 heavy (non-hydrogen) atoms. The summed E-state index contributed by atoms with van der Waals surface area (Å²) in [5, 5.41) is 2.03. The molecule has 8 heteroatoms. The van der Waals surface area contributed by atoms with Gasteiger partial charge in [0.25, 0.3) is 0 Å².